The smallest absolute Gasteiger partial charge is 0.254 e. The summed E-state index contributed by atoms with van der Waals surface area (Å²) in [6.07, 6.45) is 1.75. The van der Waals surface area contributed by atoms with Crippen molar-refractivity contribution >= 4 is 15.9 Å². The van der Waals surface area contributed by atoms with Crippen molar-refractivity contribution in [1.82, 2.24) is 9.21 Å². The second kappa shape index (κ2) is 9.06. The van der Waals surface area contributed by atoms with Gasteiger partial charge in [-0.1, -0.05) is 12.1 Å². The molecule has 3 rings (SSSR count). The number of ether oxygens (including phenoxy) is 2. The highest BCUT2D eigenvalue weighted by Crippen LogP contribution is 2.35. The predicted molar refractivity (Wildman–Crippen MR) is 114 cm³/mol. The van der Waals surface area contributed by atoms with E-state index >= 15 is 0 Å². The minimum Gasteiger partial charge on any atom is -0.495 e. The molecule has 1 aliphatic rings. The van der Waals surface area contributed by atoms with Crippen molar-refractivity contribution in [3.8, 4) is 11.5 Å². The van der Waals surface area contributed by atoms with Crippen molar-refractivity contribution < 1.29 is 22.7 Å². The van der Waals surface area contributed by atoms with E-state index in [0.29, 0.717) is 18.7 Å². The normalized spacial score (nSPS) is 16.7. The molecule has 2 aromatic carbocycles. The lowest BCUT2D eigenvalue weighted by atomic mass is 10.0. The van der Waals surface area contributed by atoms with Crippen LogP contribution < -0.4 is 9.47 Å². The van der Waals surface area contributed by atoms with Crippen molar-refractivity contribution in [2.24, 2.45) is 0 Å². The van der Waals surface area contributed by atoms with Crippen molar-refractivity contribution in [3.63, 3.8) is 0 Å². The van der Waals surface area contributed by atoms with Crippen LogP contribution in [0.2, 0.25) is 0 Å². The van der Waals surface area contributed by atoms with E-state index in [-0.39, 0.29) is 22.6 Å². The molecule has 1 aliphatic heterocycles. The summed E-state index contributed by atoms with van der Waals surface area (Å²) in [5, 5.41) is 0. The summed E-state index contributed by atoms with van der Waals surface area (Å²) in [5.74, 6) is 0.819. The topological polar surface area (TPSA) is 76.1 Å². The van der Waals surface area contributed by atoms with Gasteiger partial charge in [0.25, 0.3) is 5.91 Å². The van der Waals surface area contributed by atoms with Crippen LogP contribution in [0.25, 0.3) is 0 Å². The summed E-state index contributed by atoms with van der Waals surface area (Å²) >= 11 is 0. The van der Waals surface area contributed by atoms with Gasteiger partial charge in [0.1, 0.15) is 16.4 Å². The number of sulfonamides is 1. The Morgan fingerprint density at radius 1 is 1.17 bits per heavy atom. The van der Waals surface area contributed by atoms with Gasteiger partial charge in [-0.05, 0) is 55.7 Å². The van der Waals surface area contributed by atoms with Crippen LogP contribution in [0, 0.1) is 0 Å². The number of amides is 1. The Bertz CT molecular complexity index is 1000. The largest absolute Gasteiger partial charge is 0.495 e. The molecule has 0 radical (unpaired) electrons. The van der Waals surface area contributed by atoms with Gasteiger partial charge in [-0.2, -0.15) is 0 Å². The number of rotatable bonds is 7. The zero-order valence-electron chi connectivity index (χ0n) is 17.8. The Labute approximate surface area is 178 Å². The molecule has 1 unspecified atom stereocenters. The molecule has 0 aliphatic carbocycles. The zero-order chi connectivity index (χ0) is 21.9. The second-order valence-corrected chi connectivity index (χ2v) is 9.43. The maximum absolute atomic E-state index is 13.3. The molecule has 1 heterocycles. The van der Waals surface area contributed by atoms with Gasteiger partial charge >= 0.3 is 0 Å². The van der Waals surface area contributed by atoms with E-state index in [2.05, 4.69) is 0 Å². The Balaban J connectivity index is 1.91. The van der Waals surface area contributed by atoms with E-state index in [1.807, 2.05) is 36.1 Å². The molecular formula is C22H28N2O5S. The highest BCUT2D eigenvalue weighted by atomic mass is 32.2. The second-order valence-electron chi connectivity index (χ2n) is 7.31. The lowest BCUT2D eigenvalue weighted by Crippen LogP contribution is -2.31. The number of methoxy groups -OCH3 is 1. The molecule has 7 nitrogen and oxygen atoms in total. The summed E-state index contributed by atoms with van der Waals surface area (Å²) in [6, 6.07) is 12.3. The Hall–Kier alpha value is -2.58. The number of nitrogens with zero attached hydrogens (tertiary/aromatic N) is 2. The maximum atomic E-state index is 13.3. The van der Waals surface area contributed by atoms with Crippen LogP contribution in [0.5, 0.6) is 11.5 Å². The van der Waals surface area contributed by atoms with Crippen LogP contribution in [0.3, 0.4) is 0 Å². The summed E-state index contributed by atoms with van der Waals surface area (Å²) in [6.45, 7) is 3.16. The lowest BCUT2D eigenvalue weighted by Gasteiger charge is -2.26. The van der Waals surface area contributed by atoms with E-state index in [0.717, 1.165) is 28.5 Å². The van der Waals surface area contributed by atoms with Crippen LogP contribution in [-0.4, -0.2) is 57.9 Å². The number of hydrogen-bond acceptors (Lipinski definition) is 5. The molecule has 2 aromatic rings. The summed E-state index contributed by atoms with van der Waals surface area (Å²) in [4.78, 5) is 15.1. The van der Waals surface area contributed by atoms with Crippen molar-refractivity contribution in [1.29, 1.82) is 0 Å². The Morgan fingerprint density at radius 3 is 2.47 bits per heavy atom. The molecule has 1 saturated heterocycles. The average Bonchev–Trinajstić information content (AvgIpc) is 3.23. The quantitative estimate of drug-likeness (QED) is 0.671. The first kappa shape index (κ1) is 22.1. The SMILES string of the molecule is CCOc1ccc(C2CCCN2C(=O)c2ccc(OC)c(S(=O)(=O)N(C)C)c2)cc1. The first-order valence-electron chi connectivity index (χ1n) is 9.94. The molecule has 0 N–H and O–H groups in total. The molecule has 0 spiro atoms. The van der Waals surface area contributed by atoms with Crippen molar-refractivity contribution in [3.05, 3.63) is 53.6 Å². The first-order chi connectivity index (χ1) is 14.3. The molecule has 1 amide bonds. The predicted octanol–water partition coefficient (Wildman–Crippen LogP) is 3.32. The molecule has 8 heteroatoms. The Morgan fingerprint density at radius 2 is 1.87 bits per heavy atom. The minimum absolute atomic E-state index is 0.0161. The number of carbonyl (C=O) groups is 1. The van der Waals surface area contributed by atoms with Crippen LogP contribution in [0.1, 0.15) is 41.7 Å². The van der Waals surface area contributed by atoms with Crippen molar-refractivity contribution in [2.75, 3.05) is 34.4 Å². The van der Waals surface area contributed by atoms with E-state index in [4.69, 9.17) is 9.47 Å². The van der Waals surface area contributed by atoms with Crippen LogP contribution in [0.4, 0.5) is 0 Å². The zero-order valence-corrected chi connectivity index (χ0v) is 18.6. The van der Waals surface area contributed by atoms with Gasteiger partial charge in [0.15, 0.2) is 0 Å². The van der Waals surface area contributed by atoms with E-state index < -0.39 is 10.0 Å². The molecule has 0 bridgehead atoms. The molecule has 30 heavy (non-hydrogen) atoms. The van der Waals surface area contributed by atoms with Crippen LogP contribution in [-0.2, 0) is 10.0 Å². The summed E-state index contributed by atoms with van der Waals surface area (Å²) in [7, 11) is 0.559. The van der Waals surface area contributed by atoms with Crippen LogP contribution in [0.15, 0.2) is 47.4 Å². The molecule has 0 aromatic heterocycles. The van der Waals surface area contributed by atoms with Crippen LogP contribution >= 0.6 is 0 Å². The Kier molecular flexibility index (Phi) is 6.67. The summed E-state index contributed by atoms with van der Waals surface area (Å²) in [5.41, 5.74) is 1.37. The third kappa shape index (κ3) is 4.29. The molecule has 1 fully saturated rings. The molecular weight excluding hydrogens is 404 g/mol. The first-order valence-corrected chi connectivity index (χ1v) is 11.4. The third-order valence-electron chi connectivity index (χ3n) is 5.26. The maximum Gasteiger partial charge on any atom is 0.254 e. The standard InChI is InChI=1S/C22H28N2O5S/c1-5-29-18-11-8-16(9-12-18)19-7-6-14-24(19)22(25)17-10-13-20(28-4)21(15-17)30(26,27)23(2)3/h8-13,15,19H,5-7,14H2,1-4H3. The third-order valence-corrected chi connectivity index (χ3v) is 7.10. The molecule has 162 valence electrons. The number of likely N-dealkylation sites (tertiary alicyclic amines) is 1. The van der Waals surface area contributed by atoms with E-state index in [1.165, 1.54) is 33.3 Å². The average molecular weight is 433 g/mol. The highest BCUT2D eigenvalue weighted by Gasteiger charge is 2.32. The fourth-order valence-electron chi connectivity index (χ4n) is 3.68. The van der Waals surface area contributed by atoms with Gasteiger partial charge in [0, 0.05) is 26.2 Å². The number of benzene rings is 2. The van der Waals surface area contributed by atoms with E-state index in [9.17, 15) is 13.2 Å². The van der Waals surface area contributed by atoms with Gasteiger partial charge < -0.3 is 14.4 Å². The van der Waals surface area contributed by atoms with Gasteiger partial charge in [-0.3, -0.25) is 4.79 Å². The van der Waals surface area contributed by atoms with Gasteiger partial charge in [-0.25, -0.2) is 12.7 Å². The molecule has 0 saturated carbocycles. The van der Waals surface area contributed by atoms with Crippen molar-refractivity contribution in [2.45, 2.75) is 30.7 Å². The monoisotopic (exact) mass is 432 g/mol. The van der Waals surface area contributed by atoms with Gasteiger partial charge in [0.05, 0.1) is 19.8 Å². The fraction of sp³-hybridized carbons (Fsp3) is 0.409. The van der Waals surface area contributed by atoms with Gasteiger partial charge in [-0.15, -0.1) is 0 Å². The number of hydrogen-bond donors (Lipinski definition) is 0. The minimum atomic E-state index is -3.75. The van der Waals surface area contributed by atoms with E-state index in [1.54, 1.807) is 6.07 Å². The fourth-order valence-corrected chi connectivity index (χ4v) is 4.76. The highest BCUT2D eigenvalue weighted by molar-refractivity contribution is 7.89. The lowest BCUT2D eigenvalue weighted by molar-refractivity contribution is 0.0735. The molecule has 1 atom stereocenters. The summed E-state index contributed by atoms with van der Waals surface area (Å²) < 4.78 is 37.2. The number of carbonyl (C=O) groups excluding carboxylic acids is 1. The van der Waals surface area contributed by atoms with Gasteiger partial charge in [0.2, 0.25) is 10.0 Å².